The zero-order valence-corrected chi connectivity index (χ0v) is 14.1. The topological polar surface area (TPSA) is 76.8 Å². The van der Waals surface area contributed by atoms with E-state index in [0.29, 0.717) is 22.2 Å². The number of hydrogen-bond donors (Lipinski definition) is 2. The third kappa shape index (κ3) is 2.95. The van der Waals surface area contributed by atoms with Gasteiger partial charge in [0.05, 0.1) is 18.3 Å². The fraction of sp³-hybridized carbons (Fsp3) is 0.0526. The quantitative estimate of drug-likeness (QED) is 0.564. The van der Waals surface area contributed by atoms with Crippen LogP contribution >= 0.6 is 0 Å². The number of benzene rings is 2. The molecule has 136 valence electrons. The molecule has 8 heteroatoms. The van der Waals surface area contributed by atoms with Crippen molar-refractivity contribution in [3.05, 3.63) is 60.0 Å². The summed E-state index contributed by atoms with van der Waals surface area (Å²) in [6, 6.07) is 7.76. The Bertz CT molecular complexity index is 1170. The lowest BCUT2D eigenvalue weighted by Gasteiger charge is -2.08. The normalized spacial score (nSPS) is 11.1. The highest BCUT2D eigenvalue weighted by Crippen LogP contribution is 2.32. The van der Waals surface area contributed by atoms with Gasteiger partial charge in [-0.1, -0.05) is 0 Å². The van der Waals surface area contributed by atoms with E-state index in [4.69, 9.17) is 10.5 Å². The molecular weight excluding hydrogens is 357 g/mol. The van der Waals surface area contributed by atoms with Crippen LogP contribution in [-0.2, 0) is 0 Å². The maximum absolute atomic E-state index is 13.9. The molecule has 27 heavy (non-hydrogen) atoms. The van der Waals surface area contributed by atoms with Crippen molar-refractivity contribution < 1.29 is 17.9 Å². The fourth-order valence-corrected chi connectivity index (χ4v) is 2.89. The van der Waals surface area contributed by atoms with Gasteiger partial charge < -0.3 is 15.5 Å². The Labute approximate surface area is 151 Å². The van der Waals surface area contributed by atoms with Crippen LogP contribution in [0.4, 0.5) is 19.0 Å². The number of rotatable bonds is 3. The van der Waals surface area contributed by atoms with Crippen molar-refractivity contribution in [2.45, 2.75) is 0 Å². The number of fused-ring (bicyclic) bond motifs is 1. The lowest BCUT2D eigenvalue weighted by Crippen LogP contribution is -1.98. The standard InChI is InChI=1S/C19H13F3N4O/c1-27-16-4-9(2-3-13(16)21)15-7-17(23)26-19(25-15)12-8-24-18-11(12)5-10(20)6-14(18)22/h2-8,24H,1H3,(H2,23,25,26). The average Bonchev–Trinajstić information content (AvgIpc) is 3.05. The molecule has 0 spiro atoms. The summed E-state index contributed by atoms with van der Waals surface area (Å²) in [4.78, 5) is 11.3. The number of anilines is 1. The number of aromatic amines is 1. The van der Waals surface area contributed by atoms with Crippen LogP contribution in [0, 0.1) is 17.5 Å². The molecule has 3 N–H and O–H groups in total. The van der Waals surface area contributed by atoms with Gasteiger partial charge in [-0.3, -0.25) is 0 Å². The van der Waals surface area contributed by atoms with Crippen molar-refractivity contribution in [1.82, 2.24) is 15.0 Å². The average molecular weight is 370 g/mol. The second-order valence-corrected chi connectivity index (χ2v) is 5.86. The summed E-state index contributed by atoms with van der Waals surface area (Å²) in [6.07, 6.45) is 1.48. The van der Waals surface area contributed by atoms with E-state index in [1.165, 1.54) is 43.6 Å². The van der Waals surface area contributed by atoms with Gasteiger partial charge >= 0.3 is 0 Å². The lowest BCUT2D eigenvalue weighted by atomic mass is 10.1. The van der Waals surface area contributed by atoms with E-state index < -0.39 is 17.5 Å². The maximum Gasteiger partial charge on any atom is 0.165 e. The molecule has 0 aliphatic rings. The molecule has 0 fully saturated rings. The first kappa shape index (κ1) is 16.9. The highest BCUT2D eigenvalue weighted by atomic mass is 19.1. The van der Waals surface area contributed by atoms with Crippen LogP contribution in [0.1, 0.15) is 0 Å². The molecule has 0 atom stereocenters. The van der Waals surface area contributed by atoms with Gasteiger partial charge in [0, 0.05) is 34.8 Å². The van der Waals surface area contributed by atoms with Crippen LogP contribution in [0.3, 0.4) is 0 Å². The van der Waals surface area contributed by atoms with Crippen LogP contribution in [-0.4, -0.2) is 22.1 Å². The van der Waals surface area contributed by atoms with E-state index >= 15 is 0 Å². The van der Waals surface area contributed by atoms with Gasteiger partial charge in [0.25, 0.3) is 0 Å². The molecule has 0 saturated carbocycles. The second-order valence-electron chi connectivity index (χ2n) is 5.86. The van der Waals surface area contributed by atoms with Gasteiger partial charge in [-0.05, 0) is 24.3 Å². The maximum atomic E-state index is 13.9. The first-order valence-electron chi connectivity index (χ1n) is 7.91. The summed E-state index contributed by atoms with van der Waals surface area (Å²) in [5.41, 5.74) is 7.40. The number of nitrogens with one attached hydrogen (secondary N) is 1. The smallest absolute Gasteiger partial charge is 0.165 e. The first-order valence-corrected chi connectivity index (χ1v) is 7.91. The molecule has 0 amide bonds. The predicted octanol–water partition coefficient (Wildman–Crippen LogP) is 4.30. The summed E-state index contributed by atoms with van der Waals surface area (Å²) in [6.45, 7) is 0. The molecular formula is C19H13F3N4O. The van der Waals surface area contributed by atoms with Gasteiger partial charge in [0.1, 0.15) is 17.5 Å². The molecule has 2 heterocycles. The third-order valence-electron chi connectivity index (χ3n) is 4.14. The molecule has 0 radical (unpaired) electrons. The minimum absolute atomic E-state index is 0.0578. The summed E-state index contributed by atoms with van der Waals surface area (Å²) < 4.78 is 46.2. The van der Waals surface area contributed by atoms with Crippen LogP contribution in [0.5, 0.6) is 5.75 Å². The van der Waals surface area contributed by atoms with Crippen molar-refractivity contribution in [2.75, 3.05) is 12.8 Å². The van der Waals surface area contributed by atoms with Gasteiger partial charge in [0.15, 0.2) is 17.4 Å². The molecule has 4 aromatic rings. The van der Waals surface area contributed by atoms with Crippen molar-refractivity contribution in [3.63, 3.8) is 0 Å². The van der Waals surface area contributed by atoms with E-state index in [0.717, 1.165) is 6.07 Å². The van der Waals surface area contributed by atoms with Gasteiger partial charge in [-0.25, -0.2) is 23.1 Å². The number of ether oxygens (including phenoxy) is 1. The second kappa shape index (κ2) is 6.31. The van der Waals surface area contributed by atoms with Crippen LogP contribution in [0.15, 0.2) is 42.6 Å². The van der Waals surface area contributed by atoms with E-state index in [2.05, 4.69) is 15.0 Å². The molecule has 2 aromatic heterocycles. The summed E-state index contributed by atoms with van der Waals surface area (Å²) in [5, 5.41) is 0.292. The van der Waals surface area contributed by atoms with E-state index in [1.54, 1.807) is 0 Å². The monoisotopic (exact) mass is 370 g/mol. The van der Waals surface area contributed by atoms with E-state index in [-0.39, 0.29) is 22.9 Å². The zero-order valence-electron chi connectivity index (χ0n) is 14.1. The first-order chi connectivity index (χ1) is 13.0. The molecule has 4 rings (SSSR count). The van der Waals surface area contributed by atoms with Gasteiger partial charge in [-0.15, -0.1) is 0 Å². The lowest BCUT2D eigenvalue weighted by molar-refractivity contribution is 0.387. The molecule has 0 bridgehead atoms. The number of halogens is 3. The summed E-state index contributed by atoms with van der Waals surface area (Å²) >= 11 is 0. The number of aromatic nitrogens is 3. The van der Waals surface area contributed by atoms with Crippen molar-refractivity contribution in [3.8, 4) is 28.4 Å². The van der Waals surface area contributed by atoms with Crippen LogP contribution in [0.2, 0.25) is 0 Å². The van der Waals surface area contributed by atoms with Crippen LogP contribution < -0.4 is 10.5 Å². The van der Waals surface area contributed by atoms with Crippen molar-refractivity contribution >= 4 is 16.7 Å². The molecule has 2 aromatic carbocycles. The largest absolute Gasteiger partial charge is 0.494 e. The minimum Gasteiger partial charge on any atom is -0.494 e. The third-order valence-corrected chi connectivity index (χ3v) is 4.14. The Hall–Kier alpha value is -3.55. The number of hydrogen-bond acceptors (Lipinski definition) is 4. The molecule has 5 nitrogen and oxygen atoms in total. The Morgan fingerprint density at radius 1 is 1.00 bits per heavy atom. The molecule has 0 aliphatic heterocycles. The van der Waals surface area contributed by atoms with Crippen LogP contribution in [0.25, 0.3) is 33.5 Å². The molecule has 0 aliphatic carbocycles. The predicted molar refractivity (Wildman–Crippen MR) is 95.6 cm³/mol. The number of nitrogen functional groups attached to an aromatic ring is 1. The van der Waals surface area contributed by atoms with Crippen molar-refractivity contribution in [1.29, 1.82) is 0 Å². The SMILES string of the molecule is COc1cc(-c2cc(N)nc(-c3c[nH]c4c(F)cc(F)cc34)n2)ccc1F. The Balaban J connectivity index is 1.89. The molecule has 0 saturated heterocycles. The van der Waals surface area contributed by atoms with Gasteiger partial charge in [-0.2, -0.15) is 0 Å². The Morgan fingerprint density at radius 3 is 2.59 bits per heavy atom. The molecule has 0 unspecified atom stereocenters. The number of nitrogens with two attached hydrogens (primary N) is 1. The Kier molecular flexibility index (Phi) is 3.95. The summed E-state index contributed by atoms with van der Waals surface area (Å²) in [5.74, 6) is -1.54. The fourth-order valence-electron chi connectivity index (χ4n) is 2.89. The highest BCUT2D eigenvalue weighted by Gasteiger charge is 2.16. The highest BCUT2D eigenvalue weighted by molar-refractivity contribution is 5.94. The summed E-state index contributed by atoms with van der Waals surface area (Å²) in [7, 11) is 1.36. The Morgan fingerprint density at radius 2 is 1.81 bits per heavy atom. The zero-order chi connectivity index (χ0) is 19.1. The van der Waals surface area contributed by atoms with E-state index in [1.807, 2.05) is 0 Å². The number of methoxy groups -OCH3 is 1. The number of H-pyrrole nitrogens is 1. The van der Waals surface area contributed by atoms with E-state index in [9.17, 15) is 13.2 Å². The van der Waals surface area contributed by atoms with Gasteiger partial charge in [0.2, 0.25) is 0 Å². The minimum atomic E-state index is -0.719. The van der Waals surface area contributed by atoms with Crippen molar-refractivity contribution in [2.24, 2.45) is 0 Å². The number of nitrogens with zero attached hydrogens (tertiary/aromatic N) is 2.